The number of hydrogen-bond acceptors (Lipinski definition) is 4. The van der Waals surface area contributed by atoms with Gasteiger partial charge in [0, 0.05) is 0 Å². The van der Waals surface area contributed by atoms with E-state index in [1.54, 1.807) is 12.1 Å². The Morgan fingerprint density at radius 1 is 1.38 bits per heavy atom. The largest absolute Gasteiger partial charge is 0.454 e. The Bertz CT molecular complexity index is 588. The number of fused-ring (bicyclic) bond motifs is 1. The molecule has 1 aromatic carbocycles. The number of rotatable bonds is 2. The zero-order valence-corrected chi connectivity index (χ0v) is 12.7. The van der Waals surface area contributed by atoms with Gasteiger partial charge in [-0.15, -0.1) is 0 Å². The van der Waals surface area contributed by atoms with Crippen molar-refractivity contribution >= 4 is 11.6 Å². The fourth-order valence-electron chi connectivity index (χ4n) is 3.19. The van der Waals surface area contributed by atoms with Gasteiger partial charge in [-0.1, -0.05) is 18.5 Å². The van der Waals surface area contributed by atoms with Gasteiger partial charge in [0.25, 0.3) is 0 Å². The molecule has 1 saturated carbocycles. The van der Waals surface area contributed by atoms with Crippen LogP contribution < -0.4 is 9.47 Å². The molecule has 1 aromatic rings. The van der Waals surface area contributed by atoms with Crippen LogP contribution in [0, 0.1) is 22.7 Å². The molecule has 1 heterocycles. The quantitative estimate of drug-likeness (QED) is 0.902. The lowest BCUT2D eigenvalue weighted by Gasteiger charge is -2.37. The predicted octanol–water partition coefficient (Wildman–Crippen LogP) is 3.82. The monoisotopic (exact) mass is 307 g/mol. The lowest BCUT2D eigenvalue weighted by Crippen LogP contribution is -2.32. The first-order valence-corrected chi connectivity index (χ1v) is 7.62. The minimum Gasteiger partial charge on any atom is -0.454 e. The summed E-state index contributed by atoms with van der Waals surface area (Å²) in [7, 11) is 0. The topological polar surface area (TPSA) is 62.5 Å². The van der Waals surface area contributed by atoms with Gasteiger partial charge >= 0.3 is 0 Å². The number of aliphatic hydroxyl groups excluding tert-OH is 1. The molecule has 21 heavy (non-hydrogen) atoms. The molecule has 3 rings (SSSR count). The van der Waals surface area contributed by atoms with Crippen molar-refractivity contribution in [3.63, 3.8) is 0 Å². The number of halogens is 1. The summed E-state index contributed by atoms with van der Waals surface area (Å²) in [6.07, 6.45) is 2.48. The van der Waals surface area contributed by atoms with Crippen molar-refractivity contribution < 1.29 is 14.6 Å². The van der Waals surface area contributed by atoms with Crippen molar-refractivity contribution in [3.8, 4) is 17.6 Å². The van der Waals surface area contributed by atoms with E-state index < -0.39 is 11.5 Å². The summed E-state index contributed by atoms with van der Waals surface area (Å²) >= 11 is 6.17. The van der Waals surface area contributed by atoms with E-state index in [-0.39, 0.29) is 6.79 Å². The SMILES string of the molecule is CC1CCC(C#N)(C(O)c2cc(Cl)c3c(c2)OCO3)CC1. The van der Waals surface area contributed by atoms with E-state index in [9.17, 15) is 10.4 Å². The molecule has 5 heteroatoms. The van der Waals surface area contributed by atoms with Gasteiger partial charge in [0.2, 0.25) is 6.79 Å². The maximum Gasteiger partial charge on any atom is 0.231 e. The molecule has 0 radical (unpaired) electrons. The molecule has 0 saturated heterocycles. The number of nitrogens with zero attached hydrogens (tertiary/aromatic N) is 1. The van der Waals surface area contributed by atoms with Crippen LogP contribution in [0.1, 0.15) is 44.3 Å². The second kappa shape index (κ2) is 5.40. The molecular formula is C16H18ClNO3. The normalized spacial score (nSPS) is 29.0. The molecule has 2 aliphatic rings. The van der Waals surface area contributed by atoms with E-state index in [0.29, 0.717) is 40.8 Å². The first kappa shape index (κ1) is 14.5. The first-order valence-electron chi connectivity index (χ1n) is 7.24. The average Bonchev–Trinajstić information content (AvgIpc) is 2.97. The Balaban J connectivity index is 1.93. The van der Waals surface area contributed by atoms with Crippen LogP contribution in [-0.4, -0.2) is 11.9 Å². The molecule has 0 aromatic heterocycles. The Morgan fingerprint density at radius 2 is 2.10 bits per heavy atom. The molecule has 1 atom stereocenters. The van der Waals surface area contributed by atoms with Gasteiger partial charge in [-0.2, -0.15) is 5.26 Å². The van der Waals surface area contributed by atoms with Crippen LogP contribution in [0.15, 0.2) is 12.1 Å². The fraction of sp³-hybridized carbons (Fsp3) is 0.562. The average molecular weight is 308 g/mol. The molecule has 1 aliphatic heterocycles. The highest BCUT2D eigenvalue weighted by atomic mass is 35.5. The summed E-state index contributed by atoms with van der Waals surface area (Å²) in [5.41, 5.74) is -0.107. The zero-order chi connectivity index (χ0) is 15.0. The fourth-order valence-corrected chi connectivity index (χ4v) is 3.46. The lowest BCUT2D eigenvalue weighted by atomic mass is 9.67. The van der Waals surface area contributed by atoms with Crippen LogP contribution in [0.2, 0.25) is 5.02 Å². The number of hydrogen-bond donors (Lipinski definition) is 1. The highest BCUT2D eigenvalue weighted by Crippen LogP contribution is 2.49. The maximum absolute atomic E-state index is 10.8. The van der Waals surface area contributed by atoms with Gasteiger partial charge in [0.1, 0.15) is 0 Å². The van der Waals surface area contributed by atoms with Gasteiger partial charge in [0.05, 0.1) is 22.6 Å². The van der Waals surface area contributed by atoms with Crippen molar-refractivity contribution in [1.29, 1.82) is 5.26 Å². The highest BCUT2D eigenvalue weighted by Gasteiger charge is 2.42. The first-order chi connectivity index (χ1) is 10.1. The van der Waals surface area contributed by atoms with Gasteiger partial charge in [-0.05, 0) is 49.3 Å². The van der Waals surface area contributed by atoms with Crippen molar-refractivity contribution in [2.75, 3.05) is 6.79 Å². The van der Waals surface area contributed by atoms with Crippen LogP contribution in [0.25, 0.3) is 0 Å². The lowest BCUT2D eigenvalue weighted by molar-refractivity contribution is 0.0265. The van der Waals surface area contributed by atoms with E-state index in [1.165, 1.54) is 0 Å². The Hall–Kier alpha value is -1.44. The van der Waals surface area contributed by atoms with Gasteiger partial charge in [0.15, 0.2) is 11.5 Å². The summed E-state index contributed by atoms with van der Waals surface area (Å²) in [5.74, 6) is 1.66. The van der Waals surface area contributed by atoms with Crippen LogP contribution in [-0.2, 0) is 0 Å². The smallest absolute Gasteiger partial charge is 0.231 e. The Kier molecular flexibility index (Phi) is 3.73. The number of aliphatic hydroxyl groups is 1. The van der Waals surface area contributed by atoms with Crippen molar-refractivity contribution in [2.24, 2.45) is 11.3 Å². The van der Waals surface area contributed by atoms with Crippen molar-refractivity contribution in [3.05, 3.63) is 22.7 Å². The molecule has 0 spiro atoms. The number of ether oxygens (including phenoxy) is 2. The molecule has 1 unspecified atom stereocenters. The van der Waals surface area contributed by atoms with E-state index in [1.807, 2.05) is 0 Å². The second-order valence-corrected chi connectivity index (χ2v) is 6.50. The molecule has 1 fully saturated rings. The van der Waals surface area contributed by atoms with Gasteiger partial charge < -0.3 is 14.6 Å². The third-order valence-corrected chi connectivity index (χ3v) is 4.96. The second-order valence-electron chi connectivity index (χ2n) is 6.09. The van der Waals surface area contributed by atoms with Crippen LogP contribution >= 0.6 is 11.6 Å². The van der Waals surface area contributed by atoms with E-state index >= 15 is 0 Å². The summed E-state index contributed by atoms with van der Waals surface area (Å²) in [4.78, 5) is 0. The number of nitriles is 1. The summed E-state index contributed by atoms with van der Waals surface area (Å²) in [5, 5.41) is 20.8. The van der Waals surface area contributed by atoms with E-state index in [4.69, 9.17) is 21.1 Å². The minimum atomic E-state index is -0.859. The summed E-state index contributed by atoms with van der Waals surface area (Å²) < 4.78 is 10.6. The third kappa shape index (κ3) is 2.45. The molecule has 0 amide bonds. The van der Waals surface area contributed by atoms with Gasteiger partial charge in [-0.25, -0.2) is 0 Å². The van der Waals surface area contributed by atoms with Crippen molar-refractivity contribution in [1.82, 2.24) is 0 Å². The van der Waals surface area contributed by atoms with Crippen LogP contribution in [0.3, 0.4) is 0 Å². The molecule has 0 bridgehead atoms. The molecular weight excluding hydrogens is 290 g/mol. The van der Waals surface area contributed by atoms with E-state index in [2.05, 4.69) is 13.0 Å². The van der Waals surface area contributed by atoms with Crippen LogP contribution in [0.5, 0.6) is 11.5 Å². The molecule has 4 nitrogen and oxygen atoms in total. The highest BCUT2D eigenvalue weighted by molar-refractivity contribution is 6.32. The maximum atomic E-state index is 10.8. The summed E-state index contributed by atoms with van der Waals surface area (Å²) in [6.45, 7) is 2.32. The number of benzene rings is 1. The molecule has 112 valence electrons. The van der Waals surface area contributed by atoms with Crippen LogP contribution in [0.4, 0.5) is 0 Å². The molecule has 1 aliphatic carbocycles. The Morgan fingerprint density at radius 3 is 2.76 bits per heavy atom. The van der Waals surface area contributed by atoms with Gasteiger partial charge in [-0.3, -0.25) is 0 Å². The van der Waals surface area contributed by atoms with E-state index in [0.717, 1.165) is 12.8 Å². The van der Waals surface area contributed by atoms with Crippen molar-refractivity contribution in [2.45, 2.75) is 38.7 Å². The Labute approximate surface area is 129 Å². The minimum absolute atomic E-state index is 0.134. The third-order valence-electron chi connectivity index (χ3n) is 4.68. The standard InChI is InChI=1S/C16H18ClNO3/c1-10-2-4-16(8-18,5-3-10)15(19)11-6-12(17)14-13(7-11)20-9-21-14/h6-7,10,15,19H,2-5,9H2,1H3. The predicted molar refractivity (Wildman–Crippen MR) is 78.2 cm³/mol. The molecule has 1 N–H and O–H groups in total. The zero-order valence-electron chi connectivity index (χ0n) is 11.9. The summed E-state index contributed by atoms with van der Waals surface area (Å²) in [6, 6.07) is 5.77.